The molecule has 0 saturated carbocycles. The average molecular weight is 337 g/mol. The normalized spacial score (nSPS) is 13.6. The van der Waals surface area contributed by atoms with Crippen LogP contribution in [0.15, 0.2) is 18.2 Å². The van der Waals surface area contributed by atoms with Crippen molar-refractivity contribution in [1.82, 2.24) is 0 Å². The molecular formula is C16H14Cl2N2S. The zero-order valence-corrected chi connectivity index (χ0v) is 13.7. The summed E-state index contributed by atoms with van der Waals surface area (Å²) in [6.07, 6.45) is 4.53. The Kier molecular flexibility index (Phi) is 4.40. The number of benzene rings is 1. The Balaban J connectivity index is 1.82. The van der Waals surface area contributed by atoms with E-state index in [1.807, 2.05) is 12.1 Å². The Morgan fingerprint density at radius 2 is 2.05 bits per heavy atom. The fourth-order valence-electron chi connectivity index (χ4n) is 2.65. The van der Waals surface area contributed by atoms with Gasteiger partial charge >= 0.3 is 0 Å². The quantitative estimate of drug-likeness (QED) is 0.812. The molecular weight excluding hydrogens is 323 g/mol. The third-order valence-electron chi connectivity index (χ3n) is 3.74. The van der Waals surface area contributed by atoms with E-state index in [1.165, 1.54) is 23.3 Å². The molecule has 0 bridgehead atoms. The minimum absolute atomic E-state index is 0.601. The average Bonchev–Trinajstić information content (AvgIpc) is 2.83. The molecule has 108 valence electrons. The number of anilines is 1. The van der Waals surface area contributed by atoms with Crippen molar-refractivity contribution in [3.8, 4) is 6.07 Å². The predicted molar refractivity (Wildman–Crippen MR) is 89.5 cm³/mol. The summed E-state index contributed by atoms with van der Waals surface area (Å²) in [4.78, 5) is 1.36. The van der Waals surface area contributed by atoms with Crippen molar-refractivity contribution in [3.05, 3.63) is 49.8 Å². The third-order valence-corrected chi connectivity index (χ3v) is 5.57. The second kappa shape index (κ2) is 6.27. The van der Waals surface area contributed by atoms with Crippen molar-refractivity contribution in [2.24, 2.45) is 0 Å². The smallest absolute Gasteiger partial charge is 0.107 e. The van der Waals surface area contributed by atoms with Crippen LogP contribution in [0.2, 0.25) is 10.0 Å². The Labute approximate surface area is 138 Å². The number of nitrogens with one attached hydrogen (secondary N) is 1. The van der Waals surface area contributed by atoms with Gasteiger partial charge < -0.3 is 5.32 Å². The molecule has 0 spiro atoms. The molecule has 0 fully saturated rings. The number of nitriles is 1. The lowest BCUT2D eigenvalue weighted by Crippen LogP contribution is -2.01. The molecule has 1 N–H and O–H groups in total. The molecule has 0 aliphatic heterocycles. The number of rotatable bonds is 3. The largest absolute Gasteiger partial charge is 0.372 e. The third kappa shape index (κ3) is 3.03. The van der Waals surface area contributed by atoms with E-state index in [1.54, 1.807) is 17.4 Å². The summed E-state index contributed by atoms with van der Waals surface area (Å²) in [5, 5.41) is 15.0. The molecule has 2 aromatic rings. The first-order valence-corrected chi connectivity index (χ1v) is 8.48. The van der Waals surface area contributed by atoms with Gasteiger partial charge in [-0.25, -0.2) is 0 Å². The fraction of sp³-hybridized carbons (Fsp3) is 0.312. The molecule has 3 rings (SSSR count). The standard InChI is InChI=1S/C16H14Cl2N2S/c17-11-6-5-10(14(18)7-11)9-20-16-13(8-19)12-3-1-2-4-15(12)21-16/h5-7,20H,1-4,9H2. The van der Waals surface area contributed by atoms with Crippen molar-refractivity contribution >= 4 is 39.5 Å². The highest BCUT2D eigenvalue weighted by Crippen LogP contribution is 2.38. The SMILES string of the molecule is N#Cc1c(NCc2ccc(Cl)cc2Cl)sc2c1CCCC2. The van der Waals surface area contributed by atoms with Gasteiger partial charge in [0.15, 0.2) is 0 Å². The van der Waals surface area contributed by atoms with Crippen LogP contribution in [0.4, 0.5) is 5.00 Å². The zero-order valence-electron chi connectivity index (χ0n) is 11.4. The maximum Gasteiger partial charge on any atom is 0.107 e. The number of fused-ring (bicyclic) bond motifs is 1. The van der Waals surface area contributed by atoms with E-state index in [0.717, 1.165) is 29.0 Å². The number of hydrogen-bond acceptors (Lipinski definition) is 3. The lowest BCUT2D eigenvalue weighted by Gasteiger charge is -2.09. The molecule has 1 aromatic carbocycles. The predicted octanol–water partition coefficient (Wildman–Crippen LogP) is 5.42. The summed E-state index contributed by atoms with van der Waals surface area (Å²) in [5.41, 5.74) is 3.05. The second-order valence-corrected chi connectivity index (χ2v) is 7.06. The maximum absolute atomic E-state index is 9.42. The summed E-state index contributed by atoms with van der Waals surface area (Å²) >= 11 is 13.8. The maximum atomic E-state index is 9.42. The molecule has 2 nitrogen and oxygen atoms in total. The van der Waals surface area contributed by atoms with E-state index in [2.05, 4.69) is 11.4 Å². The number of hydrogen-bond donors (Lipinski definition) is 1. The van der Waals surface area contributed by atoms with Crippen molar-refractivity contribution in [1.29, 1.82) is 5.26 Å². The Morgan fingerprint density at radius 1 is 1.24 bits per heavy atom. The van der Waals surface area contributed by atoms with E-state index in [9.17, 15) is 5.26 Å². The van der Waals surface area contributed by atoms with E-state index in [0.29, 0.717) is 16.6 Å². The van der Waals surface area contributed by atoms with Crippen LogP contribution in [0.1, 0.15) is 34.4 Å². The first-order valence-electron chi connectivity index (χ1n) is 6.91. The number of aryl methyl sites for hydroxylation is 1. The fourth-order valence-corrected chi connectivity index (χ4v) is 4.36. The van der Waals surface area contributed by atoms with Gasteiger partial charge in [-0.3, -0.25) is 0 Å². The first-order chi connectivity index (χ1) is 10.2. The molecule has 1 aromatic heterocycles. The van der Waals surface area contributed by atoms with Crippen LogP contribution in [0.5, 0.6) is 0 Å². The highest BCUT2D eigenvalue weighted by molar-refractivity contribution is 7.16. The minimum Gasteiger partial charge on any atom is -0.372 e. The number of nitrogens with zero attached hydrogens (tertiary/aromatic N) is 1. The summed E-state index contributed by atoms with van der Waals surface area (Å²) < 4.78 is 0. The van der Waals surface area contributed by atoms with Gasteiger partial charge in [-0.15, -0.1) is 11.3 Å². The molecule has 1 heterocycles. The molecule has 0 unspecified atom stereocenters. The molecule has 5 heteroatoms. The van der Waals surface area contributed by atoms with E-state index >= 15 is 0 Å². The van der Waals surface area contributed by atoms with Crippen LogP contribution in [0, 0.1) is 11.3 Å². The number of thiophene rings is 1. The molecule has 0 radical (unpaired) electrons. The molecule has 1 aliphatic carbocycles. The summed E-state index contributed by atoms with van der Waals surface area (Å²) in [5.74, 6) is 0. The van der Waals surface area contributed by atoms with Gasteiger partial charge in [-0.05, 0) is 48.9 Å². The molecule has 0 amide bonds. The van der Waals surface area contributed by atoms with Gasteiger partial charge in [0.05, 0.1) is 5.56 Å². The van der Waals surface area contributed by atoms with Crippen LogP contribution in [0.25, 0.3) is 0 Å². The monoisotopic (exact) mass is 336 g/mol. The molecule has 0 atom stereocenters. The van der Waals surface area contributed by atoms with Gasteiger partial charge in [0.2, 0.25) is 0 Å². The topological polar surface area (TPSA) is 35.8 Å². The van der Waals surface area contributed by atoms with Crippen LogP contribution in [-0.4, -0.2) is 0 Å². The highest BCUT2D eigenvalue weighted by atomic mass is 35.5. The summed E-state index contributed by atoms with van der Waals surface area (Å²) in [7, 11) is 0. The van der Waals surface area contributed by atoms with Gasteiger partial charge in [0.25, 0.3) is 0 Å². The highest BCUT2D eigenvalue weighted by Gasteiger charge is 2.20. The molecule has 0 saturated heterocycles. The van der Waals surface area contributed by atoms with Crippen LogP contribution in [-0.2, 0) is 19.4 Å². The lowest BCUT2D eigenvalue weighted by molar-refractivity contribution is 0.696. The van der Waals surface area contributed by atoms with Gasteiger partial charge in [-0.2, -0.15) is 5.26 Å². The number of halogens is 2. The Morgan fingerprint density at radius 3 is 2.81 bits per heavy atom. The van der Waals surface area contributed by atoms with Gasteiger partial charge in [-0.1, -0.05) is 29.3 Å². The van der Waals surface area contributed by atoms with Crippen molar-refractivity contribution in [3.63, 3.8) is 0 Å². The minimum atomic E-state index is 0.601. The van der Waals surface area contributed by atoms with Crippen molar-refractivity contribution in [2.75, 3.05) is 5.32 Å². The lowest BCUT2D eigenvalue weighted by atomic mass is 9.96. The molecule has 1 aliphatic rings. The van der Waals surface area contributed by atoms with Crippen molar-refractivity contribution in [2.45, 2.75) is 32.2 Å². The second-order valence-electron chi connectivity index (χ2n) is 5.12. The first kappa shape index (κ1) is 14.7. The van der Waals surface area contributed by atoms with Crippen LogP contribution < -0.4 is 5.32 Å². The molecule has 21 heavy (non-hydrogen) atoms. The van der Waals surface area contributed by atoms with Gasteiger partial charge in [0.1, 0.15) is 11.1 Å². The Bertz CT molecular complexity index is 716. The summed E-state index contributed by atoms with van der Waals surface area (Å²) in [6, 6.07) is 7.84. The van der Waals surface area contributed by atoms with Crippen LogP contribution >= 0.6 is 34.5 Å². The van der Waals surface area contributed by atoms with Crippen molar-refractivity contribution < 1.29 is 0 Å². The van der Waals surface area contributed by atoms with Gasteiger partial charge in [0, 0.05) is 21.5 Å². The summed E-state index contributed by atoms with van der Waals surface area (Å²) in [6.45, 7) is 0.601. The van der Waals surface area contributed by atoms with E-state index < -0.39 is 0 Å². The van der Waals surface area contributed by atoms with Crippen LogP contribution in [0.3, 0.4) is 0 Å². The zero-order chi connectivity index (χ0) is 14.8. The Hall–Kier alpha value is -1.21. The van der Waals surface area contributed by atoms with E-state index in [4.69, 9.17) is 23.2 Å². The van der Waals surface area contributed by atoms with E-state index in [-0.39, 0.29) is 0 Å².